The molecule has 198 valence electrons. The molecular formula is C24H34N4O8. The van der Waals surface area contributed by atoms with Crippen LogP contribution in [0.4, 0.5) is 5.69 Å². The molecule has 12 nitrogen and oxygen atoms in total. The molecule has 1 rings (SSSR count). The number of aromatic nitrogens is 1. The maximum absolute atomic E-state index is 12.8. The molecule has 0 aliphatic heterocycles. The third-order valence-electron chi connectivity index (χ3n) is 4.89. The van der Waals surface area contributed by atoms with Gasteiger partial charge < -0.3 is 30.0 Å². The molecule has 0 spiro atoms. The van der Waals surface area contributed by atoms with Gasteiger partial charge >= 0.3 is 11.9 Å². The van der Waals surface area contributed by atoms with Gasteiger partial charge in [0.15, 0.2) is 0 Å². The van der Waals surface area contributed by atoms with Crippen molar-refractivity contribution in [2.45, 2.75) is 59.2 Å². The molecule has 0 saturated carbocycles. The van der Waals surface area contributed by atoms with E-state index in [9.17, 15) is 28.8 Å². The number of nitrogens with one attached hydrogen (secondary N) is 3. The Morgan fingerprint density at radius 3 is 2.42 bits per heavy atom. The molecule has 1 heterocycles. The van der Waals surface area contributed by atoms with Gasteiger partial charge in [-0.2, -0.15) is 0 Å². The number of carbonyl (C=O) groups is 5. The van der Waals surface area contributed by atoms with Crippen LogP contribution in [0.5, 0.6) is 0 Å². The predicted octanol–water partition coefficient (Wildman–Crippen LogP) is 0.505. The van der Waals surface area contributed by atoms with Crippen LogP contribution in [0.2, 0.25) is 0 Å². The Morgan fingerprint density at radius 2 is 1.83 bits per heavy atom. The fourth-order valence-electron chi connectivity index (χ4n) is 3.12. The van der Waals surface area contributed by atoms with E-state index in [4.69, 9.17) is 9.47 Å². The second-order valence-electron chi connectivity index (χ2n) is 8.14. The number of esters is 2. The van der Waals surface area contributed by atoms with Crippen molar-refractivity contribution in [3.8, 4) is 0 Å². The van der Waals surface area contributed by atoms with Gasteiger partial charge in [-0.15, -0.1) is 0 Å². The first-order chi connectivity index (χ1) is 17.0. The second-order valence-corrected chi connectivity index (χ2v) is 8.14. The summed E-state index contributed by atoms with van der Waals surface area (Å²) in [5.74, 6) is -3.03. The van der Waals surface area contributed by atoms with Crippen molar-refractivity contribution in [1.29, 1.82) is 0 Å². The van der Waals surface area contributed by atoms with Gasteiger partial charge in [-0.3, -0.25) is 19.2 Å². The Morgan fingerprint density at radius 1 is 1.14 bits per heavy atom. The van der Waals surface area contributed by atoms with Crippen molar-refractivity contribution in [2.75, 3.05) is 19.0 Å². The summed E-state index contributed by atoms with van der Waals surface area (Å²) in [5.41, 5.74) is -0.745. The molecule has 36 heavy (non-hydrogen) atoms. The molecule has 0 saturated heterocycles. The molecular weight excluding hydrogens is 472 g/mol. The van der Waals surface area contributed by atoms with E-state index in [2.05, 4.69) is 16.0 Å². The van der Waals surface area contributed by atoms with Gasteiger partial charge in [0.05, 0.1) is 13.7 Å². The molecule has 1 aromatic heterocycles. The standard InChI is InChI=1S/C24H34N4O8/c1-6-36-20(31)12-8-7-10-17(25-16(4)29)22(32)26-18-11-9-13-28(23(18)33)14-19(30)27-21(15(2)3)24(34)35-5/h8-9,11-13,15,17,21H,6-7,10,14H2,1-5H3,(H,25,29)(H,26,32)(H,27,30)/b12-8+/t17-,21-/m0/s1. The van der Waals surface area contributed by atoms with Crippen molar-refractivity contribution < 1.29 is 33.4 Å². The molecule has 2 atom stereocenters. The highest BCUT2D eigenvalue weighted by atomic mass is 16.5. The third-order valence-corrected chi connectivity index (χ3v) is 4.89. The fourth-order valence-corrected chi connectivity index (χ4v) is 3.12. The summed E-state index contributed by atoms with van der Waals surface area (Å²) < 4.78 is 10.5. The summed E-state index contributed by atoms with van der Waals surface area (Å²) in [5, 5.41) is 7.53. The second kappa shape index (κ2) is 15.1. The van der Waals surface area contributed by atoms with E-state index in [1.807, 2.05) is 0 Å². The Bertz CT molecular complexity index is 1030. The fraction of sp³-hybridized carbons (Fsp3) is 0.500. The van der Waals surface area contributed by atoms with Gasteiger partial charge in [0.25, 0.3) is 5.56 Å². The number of allylic oxidation sites excluding steroid dienone is 1. The van der Waals surface area contributed by atoms with E-state index in [1.165, 1.54) is 44.5 Å². The van der Waals surface area contributed by atoms with Gasteiger partial charge in [0.1, 0.15) is 24.3 Å². The minimum absolute atomic E-state index is 0.0962. The molecule has 1 aromatic rings. The first kappa shape index (κ1) is 30.1. The minimum atomic E-state index is -0.974. The lowest BCUT2D eigenvalue weighted by atomic mass is 10.0. The Kier molecular flexibility index (Phi) is 12.6. The molecule has 0 unspecified atom stereocenters. The van der Waals surface area contributed by atoms with E-state index >= 15 is 0 Å². The maximum Gasteiger partial charge on any atom is 0.330 e. The monoisotopic (exact) mass is 506 g/mol. The first-order valence-electron chi connectivity index (χ1n) is 11.5. The average Bonchev–Trinajstić information content (AvgIpc) is 2.81. The summed E-state index contributed by atoms with van der Waals surface area (Å²) in [6, 6.07) is 0.987. The van der Waals surface area contributed by atoms with Crippen LogP contribution in [-0.2, 0) is 40.0 Å². The van der Waals surface area contributed by atoms with E-state index in [0.29, 0.717) is 0 Å². The molecule has 0 radical (unpaired) electrons. The highest BCUT2D eigenvalue weighted by Gasteiger charge is 2.25. The highest BCUT2D eigenvalue weighted by molar-refractivity contribution is 5.96. The van der Waals surface area contributed by atoms with Crippen molar-refractivity contribution in [3.63, 3.8) is 0 Å². The lowest BCUT2D eigenvalue weighted by Gasteiger charge is -2.20. The number of ether oxygens (including phenoxy) is 2. The van der Waals surface area contributed by atoms with Gasteiger partial charge in [0.2, 0.25) is 17.7 Å². The molecule has 12 heteroatoms. The largest absolute Gasteiger partial charge is 0.467 e. The molecule has 3 amide bonds. The summed E-state index contributed by atoms with van der Waals surface area (Å²) in [7, 11) is 1.21. The van der Waals surface area contributed by atoms with Crippen LogP contribution in [0.3, 0.4) is 0 Å². The van der Waals surface area contributed by atoms with Crippen LogP contribution in [0.25, 0.3) is 0 Å². The number of pyridine rings is 1. The maximum atomic E-state index is 12.8. The summed E-state index contributed by atoms with van der Waals surface area (Å²) >= 11 is 0. The highest BCUT2D eigenvalue weighted by Crippen LogP contribution is 2.06. The molecule has 3 N–H and O–H groups in total. The number of carbonyl (C=O) groups excluding carboxylic acids is 5. The van der Waals surface area contributed by atoms with E-state index in [-0.39, 0.29) is 31.1 Å². The molecule has 0 fully saturated rings. The van der Waals surface area contributed by atoms with Crippen LogP contribution in [0.1, 0.15) is 40.5 Å². The Balaban J connectivity index is 2.91. The SMILES string of the molecule is CCOC(=O)/C=C/CC[C@H](NC(C)=O)C(=O)Nc1cccn(CC(=O)N[C@H](C(=O)OC)C(C)C)c1=O. The number of hydrogen-bond acceptors (Lipinski definition) is 8. The van der Waals surface area contributed by atoms with Crippen molar-refractivity contribution in [3.05, 3.63) is 40.8 Å². The number of methoxy groups -OCH3 is 1. The summed E-state index contributed by atoms with van der Waals surface area (Å²) in [6.45, 7) is 6.25. The zero-order valence-electron chi connectivity index (χ0n) is 21.2. The van der Waals surface area contributed by atoms with Crippen LogP contribution in [-0.4, -0.2) is 60.0 Å². The van der Waals surface area contributed by atoms with Crippen molar-refractivity contribution in [1.82, 2.24) is 15.2 Å². The van der Waals surface area contributed by atoms with Crippen LogP contribution >= 0.6 is 0 Å². The quantitative estimate of drug-likeness (QED) is 0.257. The predicted molar refractivity (Wildman–Crippen MR) is 131 cm³/mol. The lowest BCUT2D eigenvalue weighted by Crippen LogP contribution is -2.47. The smallest absolute Gasteiger partial charge is 0.330 e. The Hall–Kier alpha value is -3.96. The molecule has 0 aromatic carbocycles. The molecule has 0 aliphatic carbocycles. The Labute approximate surface area is 209 Å². The number of hydrogen-bond donors (Lipinski definition) is 3. The van der Waals surface area contributed by atoms with Gasteiger partial charge in [-0.05, 0) is 37.8 Å². The van der Waals surface area contributed by atoms with E-state index in [1.54, 1.807) is 20.8 Å². The van der Waals surface area contributed by atoms with Crippen LogP contribution in [0.15, 0.2) is 35.3 Å². The van der Waals surface area contributed by atoms with Crippen LogP contribution < -0.4 is 21.5 Å². The lowest BCUT2D eigenvalue weighted by molar-refractivity contribution is -0.146. The van der Waals surface area contributed by atoms with E-state index in [0.717, 1.165) is 4.57 Å². The number of rotatable bonds is 13. The zero-order chi connectivity index (χ0) is 27.3. The average molecular weight is 507 g/mol. The van der Waals surface area contributed by atoms with Gasteiger partial charge in [-0.1, -0.05) is 19.9 Å². The topological polar surface area (TPSA) is 162 Å². The first-order valence-corrected chi connectivity index (χ1v) is 11.5. The number of amides is 3. The number of anilines is 1. The normalized spacial score (nSPS) is 12.5. The minimum Gasteiger partial charge on any atom is -0.467 e. The van der Waals surface area contributed by atoms with Crippen LogP contribution in [0, 0.1) is 5.92 Å². The molecule has 0 bridgehead atoms. The summed E-state index contributed by atoms with van der Waals surface area (Å²) in [6.07, 6.45) is 4.57. The zero-order valence-corrected chi connectivity index (χ0v) is 21.2. The van der Waals surface area contributed by atoms with Gasteiger partial charge in [0, 0.05) is 19.2 Å². The third kappa shape index (κ3) is 10.1. The number of nitrogens with zero attached hydrogens (tertiary/aromatic N) is 1. The summed E-state index contributed by atoms with van der Waals surface area (Å²) in [4.78, 5) is 72.8. The van der Waals surface area contributed by atoms with Crippen molar-refractivity contribution >= 4 is 35.3 Å². The molecule has 0 aliphatic rings. The van der Waals surface area contributed by atoms with E-state index < -0.39 is 53.8 Å². The van der Waals surface area contributed by atoms with Crippen molar-refractivity contribution in [2.24, 2.45) is 5.92 Å². The van der Waals surface area contributed by atoms with Gasteiger partial charge in [-0.25, -0.2) is 9.59 Å².